The van der Waals surface area contributed by atoms with Crippen LogP contribution in [-0.4, -0.2) is 47.1 Å². The first-order chi connectivity index (χ1) is 17.1. The second-order valence-corrected chi connectivity index (χ2v) is 10.9. The average molecular weight is 490 g/mol. The molecule has 0 aromatic heterocycles. The molecule has 1 aliphatic heterocycles. The number of carbonyl (C=O) groups is 1. The topological polar surface area (TPSA) is 88.0 Å². The van der Waals surface area contributed by atoms with Gasteiger partial charge in [-0.25, -0.2) is 0 Å². The van der Waals surface area contributed by atoms with E-state index in [0.717, 1.165) is 28.9 Å². The highest BCUT2D eigenvalue weighted by atomic mass is 16.5. The van der Waals surface area contributed by atoms with Gasteiger partial charge in [-0.3, -0.25) is 4.79 Å². The molecule has 6 heteroatoms. The zero-order valence-electron chi connectivity index (χ0n) is 21.3. The van der Waals surface area contributed by atoms with Crippen LogP contribution in [-0.2, 0) is 16.0 Å². The molecule has 1 heterocycles. The van der Waals surface area contributed by atoms with Gasteiger partial charge in [0.05, 0.1) is 18.8 Å². The molecule has 36 heavy (non-hydrogen) atoms. The van der Waals surface area contributed by atoms with Crippen molar-refractivity contribution in [2.24, 2.45) is 5.92 Å². The fraction of sp³-hybridized carbons (Fsp3) is 0.433. The van der Waals surface area contributed by atoms with E-state index in [1.807, 2.05) is 32.0 Å². The van der Waals surface area contributed by atoms with Gasteiger partial charge in [0.15, 0.2) is 0 Å². The average Bonchev–Trinajstić information content (AvgIpc) is 3.43. The van der Waals surface area contributed by atoms with Gasteiger partial charge in [0, 0.05) is 23.6 Å². The molecule has 5 rings (SSSR count). The van der Waals surface area contributed by atoms with E-state index in [1.165, 1.54) is 16.3 Å². The first-order valence-corrected chi connectivity index (χ1v) is 12.7. The van der Waals surface area contributed by atoms with Gasteiger partial charge in [-0.05, 0) is 61.6 Å². The molecule has 3 aromatic carbocycles. The SMILES string of the molecule is Cc1ccc([C@@H](C)OCC(O)CNC(C)(C)Cc2ccc3ccccc3c2)c2c1O[C@H]1[C@H](C(=O)O)[C@@H]21. The standard InChI is InChI=1S/C30H35NO5/c1-17-9-12-23(24-25-26(29(33)34)28(25)36-27(17)24)18(2)35-16-22(32)15-31-30(3,4)14-19-10-11-20-7-5-6-8-21(20)13-19/h5-13,18,22,25-26,28,31-32H,14-16H2,1-4H3,(H,33,34)/t18-,22?,25-,26-,28-/m1/s1. The normalized spacial score (nSPS) is 22.0. The second-order valence-electron chi connectivity index (χ2n) is 10.9. The Labute approximate surface area is 212 Å². The molecule has 1 saturated carbocycles. The second kappa shape index (κ2) is 9.51. The quantitative estimate of drug-likeness (QED) is 0.381. The maximum Gasteiger partial charge on any atom is 0.311 e. The van der Waals surface area contributed by atoms with E-state index in [-0.39, 0.29) is 30.3 Å². The highest BCUT2D eigenvalue weighted by Crippen LogP contribution is 2.61. The summed E-state index contributed by atoms with van der Waals surface area (Å²) in [5, 5.41) is 26.1. The van der Waals surface area contributed by atoms with Crippen LogP contribution in [0.15, 0.2) is 54.6 Å². The van der Waals surface area contributed by atoms with Crippen LogP contribution in [0.4, 0.5) is 0 Å². The summed E-state index contributed by atoms with van der Waals surface area (Å²) in [6, 6.07) is 18.9. The summed E-state index contributed by atoms with van der Waals surface area (Å²) in [6.07, 6.45) is -0.385. The Morgan fingerprint density at radius 1 is 1.14 bits per heavy atom. The van der Waals surface area contributed by atoms with Gasteiger partial charge in [0.2, 0.25) is 0 Å². The van der Waals surface area contributed by atoms with Gasteiger partial charge in [-0.2, -0.15) is 0 Å². The van der Waals surface area contributed by atoms with Crippen molar-refractivity contribution in [3.8, 4) is 5.75 Å². The van der Waals surface area contributed by atoms with Crippen LogP contribution in [0.2, 0.25) is 0 Å². The smallest absolute Gasteiger partial charge is 0.311 e. The summed E-state index contributed by atoms with van der Waals surface area (Å²) in [5.41, 5.74) is 3.97. The molecule has 3 aromatic rings. The number of fused-ring (bicyclic) bond motifs is 4. The predicted molar refractivity (Wildman–Crippen MR) is 140 cm³/mol. The molecule has 3 N–H and O–H groups in total. The molecule has 6 nitrogen and oxygen atoms in total. The Balaban J connectivity index is 1.16. The van der Waals surface area contributed by atoms with Gasteiger partial charge in [0.25, 0.3) is 0 Å². The van der Waals surface area contributed by atoms with E-state index in [4.69, 9.17) is 9.47 Å². The van der Waals surface area contributed by atoms with Crippen LogP contribution in [0.5, 0.6) is 5.75 Å². The van der Waals surface area contributed by atoms with E-state index in [9.17, 15) is 15.0 Å². The van der Waals surface area contributed by atoms with Crippen LogP contribution in [0.3, 0.4) is 0 Å². The molecule has 1 unspecified atom stereocenters. The van der Waals surface area contributed by atoms with Crippen LogP contribution in [0.25, 0.3) is 10.8 Å². The van der Waals surface area contributed by atoms with Crippen molar-refractivity contribution in [2.45, 2.75) is 63.9 Å². The number of carboxylic acid groups (broad SMARTS) is 1. The molecule has 5 atom stereocenters. The number of hydrogen-bond acceptors (Lipinski definition) is 5. The number of aryl methyl sites for hydroxylation is 1. The minimum Gasteiger partial charge on any atom is -0.488 e. The summed E-state index contributed by atoms with van der Waals surface area (Å²) in [6.45, 7) is 8.79. The molecule has 2 aliphatic rings. The van der Waals surface area contributed by atoms with Crippen molar-refractivity contribution in [2.75, 3.05) is 13.2 Å². The molecular formula is C30H35NO5. The third kappa shape index (κ3) is 4.85. The number of nitrogens with one attached hydrogen (secondary N) is 1. The summed E-state index contributed by atoms with van der Waals surface area (Å²) in [5.74, 6) is -0.608. The van der Waals surface area contributed by atoms with Crippen LogP contribution < -0.4 is 10.1 Å². The predicted octanol–water partition coefficient (Wildman–Crippen LogP) is 4.76. The summed E-state index contributed by atoms with van der Waals surface area (Å²) in [7, 11) is 0. The van der Waals surface area contributed by atoms with Gasteiger partial charge in [0.1, 0.15) is 17.8 Å². The van der Waals surface area contributed by atoms with Crippen LogP contribution >= 0.6 is 0 Å². The number of carboxylic acids is 1. The molecular weight excluding hydrogens is 454 g/mol. The summed E-state index contributed by atoms with van der Waals surface area (Å²) >= 11 is 0. The van der Waals surface area contributed by atoms with Crippen molar-refractivity contribution < 1.29 is 24.5 Å². The van der Waals surface area contributed by atoms with Gasteiger partial charge >= 0.3 is 5.97 Å². The van der Waals surface area contributed by atoms with Crippen molar-refractivity contribution in [3.05, 3.63) is 76.9 Å². The first kappa shape index (κ1) is 24.8. The minimum atomic E-state index is -0.815. The van der Waals surface area contributed by atoms with Crippen molar-refractivity contribution in [1.29, 1.82) is 0 Å². The highest BCUT2D eigenvalue weighted by Gasteiger charge is 2.64. The van der Waals surface area contributed by atoms with E-state index < -0.39 is 18.0 Å². The highest BCUT2D eigenvalue weighted by molar-refractivity contribution is 5.83. The lowest BCUT2D eigenvalue weighted by Crippen LogP contribution is -2.46. The Morgan fingerprint density at radius 2 is 1.89 bits per heavy atom. The zero-order valence-corrected chi connectivity index (χ0v) is 21.3. The molecule has 0 amide bonds. The molecule has 190 valence electrons. The van der Waals surface area contributed by atoms with Gasteiger partial charge in [-0.15, -0.1) is 0 Å². The summed E-state index contributed by atoms with van der Waals surface area (Å²) in [4.78, 5) is 11.5. The molecule has 1 aliphatic carbocycles. The first-order valence-electron chi connectivity index (χ1n) is 12.7. The number of ether oxygens (including phenoxy) is 2. The molecule has 0 bridgehead atoms. The Hall–Kier alpha value is -2.93. The zero-order chi connectivity index (χ0) is 25.6. The Morgan fingerprint density at radius 3 is 2.64 bits per heavy atom. The van der Waals surface area contributed by atoms with E-state index in [2.05, 4.69) is 55.6 Å². The van der Waals surface area contributed by atoms with E-state index in [0.29, 0.717) is 6.54 Å². The number of β-amino-alcohol motifs (C(OH)–C–C–N with tert-alkyl or cyclic N) is 1. The van der Waals surface area contributed by atoms with Crippen LogP contribution in [0.1, 0.15) is 55.0 Å². The Kier molecular flexibility index (Phi) is 6.54. The third-order valence-corrected chi connectivity index (χ3v) is 7.51. The Bertz CT molecular complexity index is 1290. The maximum absolute atomic E-state index is 11.5. The minimum absolute atomic E-state index is 0.110. The maximum atomic E-state index is 11.5. The lowest BCUT2D eigenvalue weighted by molar-refractivity contribution is -0.139. The fourth-order valence-corrected chi connectivity index (χ4v) is 5.50. The molecule has 0 spiro atoms. The van der Waals surface area contributed by atoms with Crippen molar-refractivity contribution in [3.63, 3.8) is 0 Å². The lowest BCUT2D eigenvalue weighted by atomic mass is 9.93. The van der Waals surface area contributed by atoms with E-state index >= 15 is 0 Å². The van der Waals surface area contributed by atoms with Crippen molar-refractivity contribution in [1.82, 2.24) is 5.32 Å². The van der Waals surface area contributed by atoms with E-state index in [1.54, 1.807) is 0 Å². The number of aliphatic carboxylic acids is 1. The molecule has 0 radical (unpaired) electrons. The summed E-state index contributed by atoms with van der Waals surface area (Å²) < 4.78 is 12.0. The number of benzene rings is 3. The third-order valence-electron chi connectivity index (χ3n) is 7.51. The molecule has 1 fully saturated rings. The lowest BCUT2D eigenvalue weighted by Gasteiger charge is -2.28. The van der Waals surface area contributed by atoms with Crippen LogP contribution in [0, 0.1) is 12.8 Å². The number of aliphatic hydroxyl groups excluding tert-OH is 1. The largest absolute Gasteiger partial charge is 0.488 e. The van der Waals surface area contributed by atoms with Gasteiger partial charge < -0.3 is 25.0 Å². The number of rotatable bonds is 10. The van der Waals surface area contributed by atoms with Gasteiger partial charge in [-0.1, -0.05) is 54.6 Å². The monoisotopic (exact) mass is 489 g/mol. The molecule has 0 saturated heterocycles. The van der Waals surface area contributed by atoms with Crippen molar-refractivity contribution >= 4 is 16.7 Å². The fourth-order valence-electron chi connectivity index (χ4n) is 5.50. The number of aliphatic hydroxyl groups is 1. The number of hydrogen-bond donors (Lipinski definition) is 3.